The van der Waals surface area contributed by atoms with Gasteiger partial charge in [0.05, 0.1) is 18.5 Å². The third kappa shape index (κ3) is 5.86. The molecular weight excluding hydrogens is 468 g/mol. The van der Waals surface area contributed by atoms with Gasteiger partial charge in [-0.15, -0.1) is 0 Å². The average Bonchev–Trinajstić information content (AvgIpc) is 3.03. The standard InChI is InChI=1S/C29H30N4O4/c1-19(30-25(34)18-17-20-11-7-10-16-24(20)37-3)28(35)32-27-29(36)33(2)23-15-9-8-14-22(23)26(31-27)21-12-5-4-6-13-21/h4-16,19,27H,17-18H2,1-3H3,(H,30,34)(H,32,35)/t19-,27+/m0/s1. The number of anilines is 1. The minimum atomic E-state index is -1.15. The number of carbonyl (C=O) groups is 3. The SMILES string of the molecule is COc1ccccc1CCC(=O)N[C@@H](C)C(=O)N[C@H]1N=C(c2ccccc2)c2ccccc2N(C)C1=O. The number of amides is 3. The summed E-state index contributed by atoms with van der Waals surface area (Å²) in [5.74, 6) is -0.440. The summed E-state index contributed by atoms with van der Waals surface area (Å²) in [7, 11) is 3.24. The Hall–Kier alpha value is -4.46. The van der Waals surface area contributed by atoms with E-state index in [1.165, 1.54) is 4.90 Å². The molecule has 0 bridgehead atoms. The van der Waals surface area contributed by atoms with Gasteiger partial charge in [0.25, 0.3) is 5.91 Å². The first-order valence-corrected chi connectivity index (χ1v) is 12.1. The number of aliphatic imine (C=N–C) groups is 1. The maximum atomic E-state index is 13.3. The van der Waals surface area contributed by atoms with Crippen molar-refractivity contribution in [3.63, 3.8) is 0 Å². The Kier molecular flexibility index (Phi) is 7.98. The van der Waals surface area contributed by atoms with Gasteiger partial charge in [-0.3, -0.25) is 14.4 Å². The van der Waals surface area contributed by atoms with Gasteiger partial charge < -0.3 is 20.3 Å². The van der Waals surface area contributed by atoms with Crippen LogP contribution in [0.15, 0.2) is 83.9 Å². The van der Waals surface area contributed by atoms with Crippen molar-refractivity contribution < 1.29 is 19.1 Å². The summed E-state index contributed by atoms with van der Waals surface area (Å²) in [5, 5.41) is 5.43. The molecule has 3 aromatic carbocycles. The van der Waals surface area contributed by atoms with Crippen LogP contribution in [0.1, 0.15) is 30.0 Å². The van der Waals surface area contributed by atoms with Gasteiger partial charge in [0.2, 0.25) is 18.0 Å². The first-order valence-electron chi connectivity index (χ1n) is 12.1. The average molecular weight is 499 g/mol. The zero-order chi connectivity index (χ0) is 26.4. The summed E-state index contributed by atoms with van der Waals surface area (Å²) in [6.07, 6.45) is -0.485. The van der Waals surface area contributed by atoms with Crippen LogP contribution in [0, 0.1) is 0 Å². The molecule has 2 N–H and O–H groups in total. The topological polar surface area (TPSA) is 100 Å². The summed E-state index contributed by atoms with van der Waals surface area (Å²) in [4.78, 5) is 45.0. The summed E-state index contributed by atoms with van der Waals surface area (Å²) in [5.41, 5.74) is 3.83. The van der Waals surface area contributed by atoms with Gasteiger partial charge >= 0.3 is 0 Å². The first kappa shape index (κ1) is 25.6. The molecule has 0 spiro atoms. The number of methoxy groups -OCH3 is 1. The number of likely N-dealkylation sites (N-methyl/N-ethyl adjacent to an activating group) is 1. The Labute approximate surface area is 216 Å². The molecule has 8 nitrogen and oxygen atoms in total. The van der Waals surface area contributed by atoms with Crippen molar-refractivity contribution in [1.29, 1.82) is 0 Å². The monoisotopic (exact) mass is 498 g/mol. The molecule has 3 aromatic rings. The normalized spacial score (nSPS) is 15.6. The maximum absolute atomic E-state index is 13.3. The molecule has 8 heteroatoms. The van der Waals surface area contributed by atoms with Crippen molar-refractivity contribution in [3.8, 4) is 5.75 Å². The van der Waals surface area contributed by atoms with Gasteiger partial charge in [0, 0.05) is 24.6 Å². The van der Waals surface area contributed by atoms with Crippen LogP contribution in [0.3, 0.4) is 0 Å². The number of benzene rings is 3. The lowest BCUT2D eigenvalue weighted by molar-refractivity contribution is -0.130. The van der Waals surface area contributed by atoms with Gasteiger partial charge in [-0.25, -0.2) is 4.99 Å². The van der Waals surface area contributed by atoms with Crippen LogP contribution in [-0.4, -0.2) is 49.8 Å². The Morgan fingerprint density at radius 1 is 1.00 bits per heavy atom. The van der Waals surface area contributed by atoms with E-state index in [9.17, 15) is 14.4 Å². The highest BCUT2D eigenvalue weighted by Crippen LogP contribution is 2.27. The molecule has 1 heterocycles. The number of hydrogen-bond acceptors (Lipinski definition) is 5. The second-order valence-corrected chi connectivity index (χ2v) is 8.77. The number of fused-ring (bicyclic) bond motifs is 1. The summed E-state index contributed by atoms with van der Waals surface area (Å²) < 4.78 is 5.33. The van der Waals surface area contributed by atoms with Gasteiger partial charge in [0.1, 0.15) is 11.8 Å². The summed E-state index contributed by atoms with van der Waals surface area (Å²) in [6, 6.07) is 23.6. The molecule has 0 saturated carbocycles. The molecule has 4 rings (SSSR count). The lowest BCUT2D eigenvalue weighted by atomic mass is 10.0. The molecule has 1 aliphatic heterocycles. The van der Waals surface area contributed by atoms with Gasteiger partial charge in [-0.2, -0.15) is 0 Å². The zero-order valence-electron chi connectivity index (χ0n) is 21.1. The predicted octanol–water partition coefficient (Wildman–Crippen LogP) is 3.09. The number of aryl methyl sites for hydroxylation is 1. The van der Waals surface area contributed by atoms with E-state index in [2.05, 4.69) is 15.6 Å². The van der Waals surface area contributed by atoms with Crippen molar-refractivity contribution in [2.75, 3.05) is 19.1 Å². The van der Waals surface area contributed by atoms with Gasteiger partial charge in [-0.1, -0.05) is 66.7 Å². The van der Waals surface area contributed by atoms with E-state index in [0.29, 0.717) is 23.6 Å². The Balaban J connectivity index is 1.48. The molecule has 0 radical (unpaired) electrons. The molecule has 1 aliphatic rings. The highest BCUT2D eigenvalue weighted by atomic mass is 16.5. The molecule has 190 valence electrons. The zero-order valence-corrected chi connectivity index (χ0v) is 21.1. The van der Waals surface area contributed by atoms with Gasteiger partial charge in [-0.05, 0) is 31.0 Å². The van der Waals surface area contributed by atoms with Crippen molar-refractivity contribution in [2.24, 2.45) is 4.99 Å². The van der Waals surface area contributed by atoms with Crippen molar-refractivity contribution in [3.05, 3.63) is 95.6 Å². The largest absolute Gasteiger partial charge is 0.496 e. The number of para-hydroxylation sites is 2. The fourth-order valence-corrected chi connectivity index (χ4v) is 4.24. The predicted molar refractivity (Wildman–Crippen MR) is 143 cm³/mol. The number of hydrogen-bond donors (Lipinski definition) is 2. The Bertz CT molecular complexity index is 1320. The van der Waals surface area contributed by atoms with Crippen LogP contribution in [0.2, 0.25) is 0 Å². The fourth-order valence-electron chi connectivity index (χ4n) is 4.24. The number of nitrogens with one attached hydrogen (secondary N) is 2. The first-order chi connectivity index (χ1) is 17.9. The quantitative estimate of drug-likeness (QED) is 0.499. The van der Waals surface area contributed by atoms with Crippen molar-refractivity contribution >= 4 is 29.1 Å². The molecule has 0 saturated heterocycles. The Morgan fingerprint density at radius 3 is 2.43 bits per heavy atom. The molecule has 3 amide bonds. The number of carbonyl (C=O) groups excluding carboxylic acids is 3. The maximum Gasteiger partial charge on any atom is 0.272 e. The number of rotatable bonds is 8. The highest BCUT2D eigenvalue weighted by Gasteiger charge is 2.32. The lowest BCUT2D eigenvalue weighted by Crippen LogP contribution is -2.52. The van der Waals surface area contributed by atoms with E-state index in [-0.39, 0.29) is 18.2 Å². The van der Waals surface area contributed by atoms with Crippen LogP contribution >= 0.6 is 0 Å². The van der Waals surface area contributed by atoms with E-state index in [0.717, 1.165) is 16.7 Å². The second kappa shape index (κ2) is 11.5. The van der Waals surface area contributed by atoms with Gasteiger partial charge in [0.15, 0.2) is 0 Å². The van der Waals surface area contributed by atoms with Crippen LogP contribution < -0.4 is 20.3 Å². The number of ether oxygens (including phenoxy) is 1. The van der Waals surface area contributed by atoms with E-state index in [4.69, 9.17) is 4.74 Å². The minimum Gasteiger partial charge on any atom is -0.496 e. The second-order valence-electron chi connectivity index (χ2n) is 8.77. The van der Waals surface area contributed by atoms with Crippen LogP contribution in [-0.2, 0) is 20.8 Å². The smallest absolute Gasteiger partial charge is 0.272 e. The molecule has 0 aromatic heterocycles. The minimum absolute atomic E-state index is 0.189. The highest BCUT2D eigenvalue weighted by molar-refractivity contribution is 6.20. The number of nitrogens with zero attached hydrogens (tertiary/aromatic N) is 2. The third-order valence-corrected chi connectivity index (χ3v) is 6.25. The van der Waals surface area contributed by atoms with E-state index in [1.807, 2.05) is 78.9 Å². The molecule has 2 atom stereocenters. The summed E-state index contributed by atoms with van der Waals surface area (Å²) in [6.45, 7) is 1.58. The third-order valence-electron chi connectivity index (χ3n) is 6.25. The molecule has 0 fully saturated rings. The summed E-state index contributed by atoms with van der Waals surface area (Å²) >= 11 is 0. The number of benzodiazepines with no additional fused rings is 1. The lowest BCUT2D eigenvalue weighted by Gasteiger charge is -2.22. The van der Waals surface area contributed by atoms with E-state index in [1.54, 1.807) is 21.1 Å². The molecule has 37 heavy (non-hydrogen) atoms. The molecule has 0 aliphatic carbocycles. The molecular formula is C29H30N4O4. The molecule has 0 unspecified atom stereocenters. The van der Waals surface area contributed by atoms with Crippen LogP contribution in [0.4, 0.5) is 5.69 Å². The van der Waals surface area contributed by atoms with Crippen LogP contribution in [0.25, 0.3) is 0 Å². The van der Waals surface area contributed by atoms with Crippen molar-refractivity contribution in [1.82, 2.24) is 10.6 Å². The fraction of sp³-hybridized carbons (Fsp3) is 0.241. The van der Waals surface area contributed by atoms with E-state index >= 15 is 0 Å². The van der Waals surface area contributed by atoms with Crippen LogP contribution in [0.5, 0.6) is 5.75 Å². The van der Waals surface area contributed by atoms with E-state index < -0.39 is 18.1 Å². The Morgan fingerprint density at radius 2 is 1.68 bits per heavy atom. The van der Waals surface area contributed by atoms with Crippen molar-refractivity contribution in [2.45, 2.75) is 32.0 Å².